The number of rotatable bonds is 4. The van der Waals surface area contributed by atoms with E-state index in [-0.39, 0.29) is 0 Å². The Bertz CT molecular complexity index is 1000. The Morgan fingerprint density at radius 1 is 1.15 bits per heavy atom. The van der Waals surface area contributed by atoms with E-state index in [1.807, 2.05) is 43.6 Å². The standard InChI is InChI=1S/C15H15FN4.C5H5NS/c1-17-8-10-9-19-14-7-11(4-5-12(10)14)20-13-3-2-6-18-15(13)16;7-5-2-1-3-6-4-5/h2-7,9,17,19-20H,8H2,1H3;1-4,7H. The predicted molar refractivity (Wildman–Crippen MR) is 110 cm³/mol. The first-order valence-corrected chi connectivity index (χ1v) is 8.83. The molecule has 0 radical (unpaired) electrons. The SMILES string of the molecule is CNCc1c[nH]c2cc(Nc3cccnc3F)ccc12.Sc1cccnc1. The molecule has 27 heavy (non-hydrogen) atoms. The fourth-order valence-corrected chi connectivity index (χ4v) is 2.74. The van der Waals surface area contributed by atoms with Gasteiger partial charge in [0.25, 0.3) is 0 Å². The van der Waals surface area contributed by atoms with Crippen LogP contribution in [0.1, 0.15) is 5.56 Å². The fraction of sp³-hybridized carbons (Fsp3) is 0.100. The lowest BCUT2D eigenvalue weighted by molar-refractivity contribution is 0.588. The van der Waals surface area contributed by atoms with Crippen LogP contribution in [0.15, 0.2) is 72.1 Å². The van der Waals surface area contributed by atoms with Crippen molar-refractivity contribution in [3.8, 4) is 0 Å². The first kappa shape index (κ1) is 18.9. The van der Waals surface area contributed by atoms with Gasteiger partial charge in [-0.1, -0.05) is 6.07 Å². The van der Waals surface area contributed by atoms with Gasteiger partial charge in [0.1, 0.15) is 0 Å². The molecule has 3 aromatic heterocycles. The zero-order valence-corrected chi connectivity index (χ0v) is 15.7. The van der Waals surface area contributed by atoms with Gasteiger partial charge in [-0.25, -0.2) is 4.98 Å². The summed E-state index contributed by atoms with van der Waals surface area (Å²) in [6.45, 7) is 0.810. The maximum Gasteiger partial charge on any atom is 0.236 e. The minimum Gasteiger partial charge on any atom is -0.361 e. The van der Waals surface area contributed by atoms with Gasteiger partial charge in [0.2, 0.25) is 5.95 Å². The third-order valence-electron chi connectivity index (χ3n) is 3.82. The molecule has 0 saturated carbocycles. The molecule has 0 saturated heterocycles. The van der Waals surface area contributed by atoms with Gasteiger partial charge in [0, 0.05) is 52.8 Å². The van der Waals surface area contributed by atoms with Gasteiger partial charge in [0.15, 0.2) is 0 Å². The number of pyridine rings is 2. The van der Waals surface area contributed by atoms with Gasteiger partial charge in [-0.2, -0.15) is 4.39 Å². The topological polar surface area (TPSA) is 65.6 Å². The normalized spacial score (nSPS) is 10.3. The number of aromatic nitrogens is 3. The summed E-state index contributed by atoms with van der Waals surface area (Å²) in [5.41, 5.74) is 3.42. The fourth-order valence-electron chi connectivity index (χ4n) is 2.59. The van der Waals surface area contributed by atoms with Crippen molar-refractivity contribution in [3.63, 3.8) is 0 Å². The van der Waals surface area contributed by atoms with Crippen LogP contribution in [-0.2, 0) is 6.54 Å². The molecule has 0 amide bonds. The van der Waals surface area contributed by atoms with Gasteiger partial charge >= 0.3 is 0 Å². The summed E-state index contributed by atoms with van der Waals surface area (Å²) in [6.07, 6.45) is 6.83. The third kappa shape index (κ3) is 5.06. The summed E-state index contributed by atoms with van der Waals surface area (Å²) >= 11 is 4.02. The molecule has 0 unspecified atom stereocenters. The molecule has 3 N–H and O–H groups in total. The molecular weight excluding hydrogens is 361 g/mol. The second kappa shape index (κ2) is 9.16. The van der Waals surface area contributed by atoms with E-state index in [9.17, 15) is 4.39 Å². The number of hydrogen-bond acceptors (Lipinski definition) is 5. The molecule has 0 aliphatic rings. The zero-order valence-electron chi connectivity index (χ0n) is 14.8. The molecule has 0 aliphatic heterocycles. The molecule has 0 fully saturated rings. The summed E-state index contributed by atoms with van der Waals surface area (Å²) in [6, 6.07) is 13.0. The molecule has 7 heteroatoms. The van der Waals surface area contributed by atoms with Crippen molar-refractivity contribution in [2.75, 3.05) is 12.4 Å². The van der Waals surface area contributed by atoms with Crippen LogP contribution in [0, 0.1) is 5.95 Å². The molecule has 0 aliphatic carbocycles. The molecule has 0 spiro atoms. The van der Waals surface area contributed by atoms with Crippen molar-refractivity contribution in [1.29, 1.82) is 0 Å². The van der Waals surface area contributed by atoms with Crippen molar-refractivity contribution in [1.82, 2.24) is 20.3 Å². The lowest BCUT2D eigenvalue weighted by Crippen LogP contribution is -2.03. The lowest BCUT2D eigenvalue weighted by atomic mass is 10.1. The summed E-state index contributed by atoms with van der Waals surface area (Å²) in [5, 5.41) is 7.33. The highest BCUT2D eigenvalue weighted by Crippen LogP contribution is 2.24. The third-order valence-corrected chi connectivity index (χ3v) is 4.08. The number of nitrogens with zero attached hydrogens (tertiary/aromatic N) is 2. The van der Waals surface area contributed by atoms with Crippen LogP contribution in [-0.4, -0.2) is 22.0 Å². The van der Waals surface area contributed by atoms with Crippen molar-refractivity contribution in [2.24, 2.45) is 0 Å². The summed E-state index contributed by atoms with van der Waals surface area (Å²) in [7, 11) is 1.92. The second-order valence-electron chi connectivity index (χ2n) is 5.78. The summed E-state index contributed by atoms with van der Waals surface area (Å²) in [4.78, 5) is 11.6. The predicted octanol–water partition coefficient (Wildman–Crippen LogP) is 4.54. The van der Waals surface area contributed by atoms with Crippen molar-refractivity contribution in [3.05, 3.63) is 78.8 Å². The number of H-pyrrole nitrogens is 1. The van der Waals surface area contributed by atoms with Crippen molar-refractivity contribution >= 4 is 34.9 Å². The number of anilines is 2. The van der Waals surface area contributed by atoms with E-state index >= 15 is 0 Å². The van der Waals surface area contributed by atoms with E-state index in [4.69, 9.17) is 0 Å². The minimum atomic E-state index is -0.505. The smallest absolute Gasteiger partial charge is 0.236 e. The highest BCUT2D eigenvalue weighted by molar-refractivity contribution is 7.80. The maximum atomic E-state index is 13.5. The van der Waals surface area contributed by atoms with E-state index in [1.54, 1.807) is 24.5 Å². The number of fused-ring (bicyclic) bond motifs is 1. The van der Waals surface area contributed by atoms with Gasteiger partial charge in [-0.05, 0) is 49.0 Å². The van der Waals surface area contributed by atoms with Crippen LogP contribution < -0.4 is 10.6 Å². The molecule has 4 rings (SSSR count). The number of nitrogens with one attached hydrogen (secondary N) is 3. The van der Waals surface area contributed by atoms with Crippen molar-refractivity contribution < 1.29 is 4.39 Å². The van der Waals surface area contributed by atoms with Gasteiger partial charge in [-0.3, -0.25) is 4.98 Å². The number of aromatic amines is 1. The summed E-state index contributed by atoms with van der Waals surface area (Å²) < 4.78 is 13.5. The number of benzene rings is 1. The maximum absolute atomic E-state index is 13.5. The molecular formula is C20H20FN5S. The van der Waals surface area contributed by atoms with Gasteiger partial charge < -0.3 is 15.6 Å². The largest absolute Gasteiger partial charge is 0.361 e. The number of halogens is 1. The molecule has 0 atom stereocenters. The Morgan fingerprint density at radius 2 is 2.00 bits per heavy atom. The quantitative estimate of drug-likeness (QED) is 0.310. The van der Waals surface area contributed by atoms with Crippen LogP contribution in [0.3, 0.4) is 0 Å². The molecule has 5 nitrogen and oxygen atoms in total. The molecule has 3 heterocycles. The van der Waals surface area contributed by atoms with Crippen molar-refractivity contribution in [2.45, 2.75) is 11.4 Å². The average molecular weight is 381 g/mol. The molecule has 4 aromatic rings. The Kier molecular flexibility index (Phi) is 6.40. The number of thiol groups is 1. The van der Waals surface area contributed by atoms with Crippen LogP contribution in [0.4, 0.5) is 15.8 Å². The Balaban J connectivity index is 0.000000253. The second-order valence-corrected chi connectivity index (χ2v) is 6.30. The average Bonchev–Trinajstić information content (AvgIpc) is 3.07. The van der Waals surface area contributed by atoms with E-state index < -0.39 is 5.95 Å². The first-order chi connectivity index (χ1) is 13.2. The van der Waals surface area contributed by atoms with E-state index in [1.165, 1.54) is 11.8 Å². The molecule has 0 bridgehead atoms. The highest BCUT2D eigenvalue weighted by Gasteiger charge is 2.06. The zero-order chi connectivity index (χ0) is 19.1. The van der Waals surface area contributed by atoms with Crippen LogP contribution >= 0.6 is 12.6 Å². The highest BCUT2D eigenvalue weighted by atomic mass is 32.1. The van der Waals surface area contributed by atoms with Gasteiger partial charge in [0.05, 0.1) is 5.69 Å². The summed E-state index contributed by atoms with van der Waals surface area (Å²) in [5.74, 6) is -0.505. The first-order valence-electron chi connectivity index (χ1n) is 8.38. The Hall–Kier alpha value is -2.90. The Labute approximate surface area is 162 Å². The van der Waals surface area contributed by atoms with E-state index in [2.05, 4.69) is 38.2 Å². The Morgan fingerprint density at radius 3 is 2.67 bits per heavy atom. The van der Waals surface area contributed by atoms with E-state index in [0.717, 1.165) is 28.0 Å². The van der Waals surface area contributed by atoms with Crippen LogP contribution in [0.2, 0.25) is 0 Å². The van der Waals surface area contributed by atoms with Gasteiger partial charge in [-0.15, -0.1) is 12.6 Å². The minimum absolute atomic E-state index is 0.369. The monoisotopic (exact) mass is 381 g/mol. The lowest BCUT2D eigenvalue weighted by Gasteiger charge is -2.07. The molecule has 1 aromatic carbocycles. The molecule has 138 valence electrons. The van der Waals surface area contributed by atoms with Crippen LogP contribution in [0.25, 0.3) is 10.9 Å². The van der Waals surface area contributed by atoms with E-state index in [0.29, 0.717) is 5.69 Å². The van der Waals surface area contributed by atoms with Crippen LogP contribution in [0.5, 0.6) is 0 Å². The number of hydrogen-bond donors (Lipinski definition) is 4.